The number of carbonyl (C=O) groups is 1. The van der Waals surface area contributed by atoms with E-state index >= 15 is 0 Å². The van der Waals surface area contributed by atoms with Gasteiger partial charge in [-0.05, 0) is 27.2 Å². The predicted molar refractivity (Wildman–Crippen MR) is 54.2 cm³/mol. The van der Waals surface area contributed by atoms with Gasteiger partial charge >= 0.3 is 29.6 Å². The molecule has 1 amide bonds. The summed E-state index contributed by atoms with van der Waals surface area (Å²) in [7, 11) is -4.31. The van der Waals surface area contributed by atoms with Crippen LogP contribution in [0.1, 0.15) is 34.1 Å². The standard InChI is InChI=1S/C9H17NO4S.Na/c1-5-9(4)7(11)10(9)8(2,3)6-15(12,13)14;/h5-6H2,1-4H3,(H,12,13,14);/q;+1/p-1. The van der Waals surface area contributed by atoms with Crippen molar-refractivity contribution in [1.82, 2.24) is 4.90 Å². The number of rotatable bonds is 4. The van der Waals surface area contributed by atoms with E-state index in [4.69, 9.17) is 0 Å². The maximum absolute atomic E-state index is 11.5. The van der Waals surface area contributed by atoms with E-state index in [2.05, 4.69) is 0 Å². The Morgan fingerprint density at radius 1 is 1.44 bits per heavy atom. The first-order valence-corrected chi connectivity index (χ1v) is 6.41. The summed E-state index contributed by atoms with van der Waals surface area (Å²) in [5.74, 6) is -0.625. The van der Waals surface area contributed by atoms with Crippen molar-refractivity contribution in [1.29, 1.82) is 0 Å². The van der Waals surface area contributed by atoms with Gasteiger partial charge in [0.05, 0.1) is 21.4 Å². The van der Waals surface area contributed by atoms with Crippen molar-refractivity contribution in [3.05, 3.63) is 0 Å². The summed E-state index contributed by atoms with van der Waals surface area (Å²) in [6.07, 6.45) is 0.619. The Balaban J connectivity index is 0.00000225. The van der Waals surface area contributed by atoms with Crippen molar-refractivity contribution in [2.45, 2.75) is 45.2 Å². The first kappa shape index (κ1) is 16.4. The van der Waals surface area contributed by atoms with Gasteiger partial charge in [0, 0.05) is 0 Å². The van der Waals surface area contributed by atoms with Gasteiger partial charge in [-0.3, -0.25) is 4.79 Å². The summed E-state index contributed by atoms with van der Waals surface area (Å²) in [6.45, 7) is 6.82. The topological polar surface area (TPSA) is 77.3 Å². The first-order chi connectivity index (χ1) is 6.54. The number of amides is 1. The Bertz CT molecular complexity index is 392. The van der Waals surface area contributed by atoms with E-state index in [1.165, 1.54) is 4.90 Å². The van der Waals surface area contributed by atoms with Crippen LogP contribution in [0.2, 0.25) is 0 Å². The van der Waals surface area contributed by atoms with Crippen LogP contribution in [0, 0.1) is 0 Å². The van der Waals surface area contributed by atoms with E-state index in [9.17, 15) is 17.8 Å². The monoisotopic (exact) mass is 257 g/mol. The Hall–Kier alpha value is 0.380. The number of hydrogen-bond donors (Lipinski definition) is 0. The molecule has 0 N–H and O–H groups in total. The zero-order valence-electron chi connectivity index (χ0n) is 10.4. The molecule has 1 heterocycles. The second kappa shape index (κ2) is 4.57. The quantitative estimate of drug-likeness (QED) is 0.312. The molecule has 0 aromatic heterocycles. The van der Waals surface area contributed by atoms with Crippen molar-refractivity contribution in [3.8, 4) is 0 Å². The van der Waals surface area contributed by atoms with Crippen molar-refractivity contribution in [2.24, 2.45) is 0 Å². The van der Waals surface area contributed by atoms with Gasteiger partial charge in [0.25, 0.3) is 0 Å². The fourth-order valence-corrected chi connectivity index (χ4v) is 3.08. The first-order valence-electron chi connectivity index (χ1n) is 4.83. The van der Waals surface area contributed by atoms with E-state index in [0.29, 0.717) is 6.42 Å². The van der Waals surface area contributed by atoms with E-state index in [1.807, 2.05) is 6.92 Å². The van der Waals surface area contributed by atoms with Crippen molar-refractivity contribution in [3.63, 3.8) is 0 Å². The van der Waals surface area contributed by atoms with Gasteiger partial charge in [-0.15, -0.1) is 0 Å². The molecule has 5 nitrogen and oxygen atoms in total. The minimum absolute atomic E-state index is 0. The van der Waals surface area contributed by atoms with Gasteiger partial charge in [0.2, 0.25) is 5.91 Å². The second-order valence-corrected chi connectivity index (χ2v) is 6.19. The summed E-state index contributed by atoms with van der Waals surface area (Å²) in [6, 6.07) is 0. The van der Waals surface area contributed by atoms with Crippen LogP contribution in [0.25, 0.3) is 0 Å². The van der Waals surface area contributed by atoms with Crippen LogP contribution in [0.4, 0.5) is 0 Å². The molecule has 1 aliphatic heterocycles. The average Bonchev–Trinajstić information content (AvgIpc) is 2.51. The van der Waals surface area contributed by atoms with Gasteiger partial charge in [-0.25, -0.2) is 8.42 Å². The second-order valence-electron chi connectivity index (χ2n) is 4.78. The molecule has 88 valence electrons. The molecule has 1 rings (SSSR count). The van der Waals surface area contributed by atoms with Crippen LogP contribution in [-0.4, -0.2) is 40.6 Å². The molecule has 0 saturated carbocycles. The van der Waals surface area contributed by atoms with Gasteiger partial charge in [0.15, 0.2) is 0 Å². The SMILES string of the molecule is CCC1(C)C(=O)N1C(C)(C)CS(=O)(=O)[O-].[Na+]. The van der Waals surface area contributed by atoms with E-state index in [1.54, 1.807) is 20.8 Å². The third-order valence-electron chi connectivity index (χ3n) is 2.93. The number of carbonyl (C=O) groups excluding carboxylic acids is 1. The van der Waals surface area contributed by atoms with Gasteiger partial charge < -0.3 is 9.45 Å². The normalized spacial score (nSPS) is 25.3. The zero-order valence-corrected chi connectivity index (χ0v) is 13.2. The molecule has 7 heteroatoms. The molecule has 0 bridgehead atoms. The summed E-state index contributed by atoms with van der Waals surface area (Å²) >= 11 is 0. The zero-order chi connectivity index (χ0) is 12.1. The van der Waals surface area contributed by atoms with Crippen molar-refractivity contribution < 1.29 is 47.3 Å². The van der Waals surface area contributed by atoms with Crippen molar-refractivity contribution >= 4 is 16.0 Å². The molecule has 0 spiro atoms. The molecule has 1 fully saturated rings. The van der Waals surface area contributed by atoms with Crippen LogP contribution >= 0.6 is 0 Å². The van der Waals surface area contributed by atoms with Gasteiger partial charge in [-0.1, -0.05) is 6.92 Å². The van der Waals surface area contributed by atoms with Crippen LogP contribution in [-0.2, 0) is 14.9 Å². The van der Waals surface area contributed by atoms with Crippen LogP contribution in [0.15, 0.2) is 0 Å². The smallest absolute Gasteiger partial charge is 0.748 e. The molecular formula is C9H16NNaO4S. The van der Waals surface area contributed by atoms with Crippen LogP contribution in [0.5, 0.6) is 0 Å². The third kappa shape index (κ3) is 2.98. The van der Waals surface area contributed by atoms with Crippen molar-refractivity contribution in [2.75, 3.05) is 5.75 Å². The molecule has 0 aliphatic carbocycles. The fourth-order valence-electron chi connectivity index (χ4n) is 2.09. The van der Waals surface area contributed by atoms with Crippen LogP contribution in [0.3, 0.4) is 0 Å². The largest absolute Gasteiger partial charge is 1.00 e. The number of nitrogens with zero attached hydrogens (tertiary/aromatic N) is 1. The molecule has 1 unspecified atom stereocenters. The fraction of sp³-hybridized carbons (Fsp3) is 0.889. The van der Waals surface area contributed by atoms with E-state index in [0.717, 1.165) is 0 Å². The Morgan fingerprint density at radius 2 is 1.88 bits per heavy atom. The summed E-state index contributed by atoms with van der Waals surface area (Å²) in [5, 5.41) is 0. The Kier molecular flexibility index (Phi) is 4.68. The molecule has 0 radical (unpaired) electrons. The maximum Gasteiger partial charge on any atom is 1.00 e. The van der Waals surface area contributed by atoms with E-state index in [-0.39, 0.29) is 35.5 Å². The Labute approximate surface area is 119 Å². The molecule has 0 aromatic carbocycles. The summed E-state index contributed by atoms with van der Waals surface area (Å²) < 4.78 is 32.1. The molecule has 16 heavy (non-hydrogen) atoms. The van der Waals surface area contributed by atoms with Gasteiger partial charge in [-0.2, -0.15) is 0 Å². The molecule has 1 aliphatic rings. The molecule has 1 saturated heterocycles. The molecule has 1 atom stereocenters. The predicted octanol–water partition coefficient (Wildman–Crippen LogP) is -2.67. The third-order valence-corrected chi connectivity index (χ3v) is 3.99. The maximum atomic E-state index is 11.5. The minimum atomic E-state index is -4.31. The number of hydrogen-bond acceptors (Lipinski definition) is 4. The summed E-state index contributed by atoms with van der Waals surface area (Å²) in [4.78, 5) is 13.0. The Morgan fingerprint density at radius 3 is 2.12 bits per heavy atom. The van der Waals surface area contributed by atoms with Gasteiger partial charge in [0.1, 0.15) is 5.54 Å². The summed E-state index contributed by atoms with van der Waals surface area (Å²) in [5.41, 5.74) is -1.50. The molecule has 0 aromatic rings. The van der Waals surface area contributed by atoms with E-state index < -0.39 is 26.9 Å². The minimum Gasteiger partial charge on any atom is -0.748 e. The molecular weight excluding hydrogens is 241 g/mol. The average molecular weight is 257 g/mol. The van der Waals surface area contributed by atoms with Crippen LogP contribution < -0.4 is 29.6 Å².